The third-order valence-electron chi connectivity index (χ3n) is 3.28. The second-order valence-corrected chi connectivity index (χ2v) is 4.63. The Kier molecular flexibility index (Phi) is 4.53. The summed E-state index contributed by atoms with van der Waals surface area (Å²) in [4.78, 5) is 4.26. The molecule has 1 heterocycles. The average molecular weight is 256 g/mol. The largest absolute Gasteiger partial charge is 0.481 e. The van der Waals surface area contributed by atoms with Crippen LogP contribution in [0.1, 0.15) is 22.7 Å². The zero-order valence-corrected chi connectivity index (χ0v) is 11.7. The van der Waals surface area contributed by atoms with Gasteiger partial charge in [0.25, 0.3) is 0 Å². The minimum absolute atomic E-state index is 0.200. The molecule has 0 spiro atoms. The van der Waals surface area contributed by atoms with E-state index in [1.807, 2.05) is 13.1 Å². The molecule has 3 nitrogen and oxygen atoms in total. The number of methoxy groups -OCH3 is 1. The summed E-state index contributed by atoms with van der Waals surface area (Å²) in [6, 6.07) is 12.8. The lowest BCUT2D eigenvalue weighted by atomic mass is 9.99. The number of nitrogens with zero attached hydrogens (tertiary/aromatic N) is 1. The highest BCUT2D eigenvalue weighted by Crippen LogP contribution is 2.25. The minimum Gasteiger partial charge on any atom is -0.481 e. The van der Waals surface area contributed by atoms with Gasteiger partial charge in [0.15, 0.2) is 0 Å². The fourth-order valence-electron chi connectivity index (χ4n) is 2.17. The zero-order valence-electron chi connectivity index (χ0n) is 11.7. The van der Waals surface area contributed by atoms with Gasteiger partial charge in [-0.2, -0.15) is 0 Å². The predicted molar refractivity (Wildman–Crippen MR) is 77.5 cm³/mol. The SMILES string of the molecule is CNC(Cc1ccc(C)cc1)c1cccnc1OC. The zero-order chi connectivity index (χ0) is 13.7. The van der Waals surface area contributed by atoms with Gasteiger partial charge in [0.2, 0.25) is 5.88 Å². The van der Waals surface area contributed by atoms with Crippen molar-refractivity contribution in [3.8, 4) is 5.88 Å². The lowest BCUT2D eigenvalue weighted by Crippen LogP contribution is -2.19. The highest BCUT2D eigenvalue weighted by molar-refractivity contribution is 5.31. The first-order valence-corrected chi connectivity index (χ1v) is 6.46. The third-order valence-corrected chi connectivity index (χ3v) is 3.28. The van der Waals surface area contributed by atoms with Gasteiger partial charge >= 0.3 is 0 Å². The van der Waals surface area contributed by atoms with Gasteiger partial charge in [-0.1, -0.05) is 35.9 Å². The van der Waals surface area contributed by atoms with E-state index < -0.39 is 0 Å². The summed E-state index contributed by atoms with van der Waals surface area (Å²) in [6.45, 7) is 2.10. The summed E-state index contributed by atoms with van der Waals surface area (Å²) in [6.07, 6.45) is 2.67. The molecular formula is C16H20N2O. The van der Waals surface area contributed by atoms with Gasteiger partial charge in [-0.25, -0.2) is 4.98 Å². The number of rotatable bonds is 5. The van der Waals surface area contributed by atoms with Gasteiger partial charge in [0.05, 0.1) is 7.11 Å². The van der Waals surface area contributed by atoms with Crippen molar-refractivity contribution in [3.63, 3.8) is 0 Å². The van der Waals surface area contributed by atoms with Gasteiger partial charge in [-0.3, -0.25) is 0 Å². The van der Waals surface area contributed by atoms with Crippen LogP contribution in [-0.2, 0) is 6.42 Å². The number of likely N-dealkylation sites (N-methyl/N-ethyl adjacent to an activating group) is 1. The molecule has 1 N–H and O–H groups in total. The van der Waals surface area contributed by atoms with E-state index in [1.165, 1.54) is 11.1 Å². The number of hydrogen-bond donors (Lipinski definition) is 1. The van der Waals surface area contributed by atoms with Crippen LogP contribution >= 0.6 is 0 Å². The number of ether oxygens (including phenoxy) is 1. The number of nitrogens with one attached hydrogen (secondary N) is 1. The highest BCUT2D eigenvalue weighted by atomic mass is 16.5. The highest BCUT2D eigenvalue weighted by Gasteiger charge is 2.15. The molecule has 3 heteroatoms. The Morgan fingerprint density at radius 1 is 1.21 bits per heavy atom. The van der Waals surface area contributed by atoms with Crippen LogP contribution in [0.25, 0.3) is 0 Å². The van der Waals surface area contributed by atoms with Gasteiger partial charge < -0.3 is 10.1 Å². The standard InChI is InChI=1S/C16H20N2O/c1-12-6-8-13(9-7-12)11-15(17-2)14-5-4-10-18-16(14)19-3/h4-10,15,17H,11H2,1-3H3. The molecule has 0 bridgehead atoms. The Bertz CT molecular complexity index is 523. The van der Waals surface area contributed by atoms with Crippen molar-refractivity contribution in [1.29, 1.82) is 0 Å². The number of benzene rings is 1. The molecule has 1 aromatic carbocycles. The van der Waals surface area contributed by atoms with E-state index in [0.717, 1.165) is 12.0 Å². The minimum atomic E-state index is 0.200. The van der Waals surface area contributed by atoms with Crippen molar-refractivity contribution in [1.82, 2.24) is 10.3 Å². The van der Waals surface area contributed by atoms with Crippen molar-refractivity contribution in [2.75, 3.05) is 14.2 Å². The summed E-state index contributed by atoms with van der Waals surface area (Å²) in [5, 5.41) is 3.34. The van der Waals surface area contributed by atoms with Crippen LogP contribution in [-0.4, -0.2) is 19.1 Å². The third kappa shape index (κ3) is 3.32. The van der Waals surface area contributed by atoms with E-state index in [4.69, 9.17) is 4.74 Å². The smallest absolute Gasteiger partial charge is 0.217 e. The molecule has 0 aliphatic heterocycles. The average Bonchev–Trinajstić information content (AvgIpc) is 2.46. The molecule has 1 aromatic heterocycles. The van der Waals surface area contributed by atoms with Crippen molar-refractivity contribution in [3.05, 3.63) is 59.3 Å². The second-order valence-electron chi connectivity index (χ2n) is 4.63. The van der Waals surface area contributed by atoms with Crippen LogP contribution in [0.3, 0.4) is 0 Å². The molecule has 0 radical (unpaired) electrons. The molecule has 0 saturated heterocycles. The number of aryl methyl sites for hydroxylation is 1. The first-order valence-electron chi connectivity index (χ1n) is 6.46. The molecule has 0 aliphatic carbocycles. The lowest BCUT2D eigenvalue weighted by molar-refractivity contribution is 0.384. The molecule has 0 amide bonds. The normalized spacial score (nSPS) is 12.2. The molecule has 100 valence electrons. The van der Waals surface area contributed by atoms with Crippen LogP contribution in [0, 0.1) is 6.92 Å². The van der Waals surface area contributed by atoms with Crippen molar-refractivity contribution >= 4 is 0 Å². The van der Waals surface area contributed by atoms with E-state index in [9.17, 15) is 0 Å². The van der Waals surface area contributed by atoms with Crippen LogP contribution in [0.2, 0.25) is 0 Å². The van der Waals surface area contributed by atoms with Crippen molar-refractivity contribution in [2.45, 2.75) is 19.4 Å². The van der Waals surface area contributed by atoms with Gasteiger partial charge in [0.1, 0.15) is 0 Å². The number of pyridine rings is 1. The summed E-state index contributed by atoms with van der Waals surface area (Å²) in [5.41, 5.74) is 3.67. The topological polar surface area (TPSA) is 34.2 Å². The molecule has 0 fully saturated rings. The molecule has 0 aliphatic rings. The van der Waals surface area contributed by atoms with E-state index in [2.05, 4.69) is 47.6 Å². The Morgan fingerprint density at radius 2 is 1.95 bits per heavy atom. The van der Waals surface area contributed by atoms with Crippen LogP contribution in [0.15, 0.2) is 42.6 Å². The van der Waals surface area contributed by atoms with Gasteiger partial charge in [-0.15, -0.1) is 0 Å². The molecule has 19 heavy (non-hydrogen) atoms. The van der Waals surface area contributed by atoms with Crippen molar-refractivity contribution < 1.29 is 4.74 Å². The first kappa shape index (κ1) is 13.6. The number of hydrogen-bond acceptors (Lipinski definition) is 3. The maximum absolute atomic E-state index is 5.33. The molecule has 2 rings (SSSR count). The lowest BCUT2D eigenvalue weighted by Gasteiger charge is -2.18. The maximum atomic E-state index is 5.33. The quantitative estimate of drug-likeness (QED) is 0.893. The molecule has 0 saturated carbocycles. The van der Waals surface area contributed by atoms with Crippen LogP contribution in [0.5, 0.6) is 5.88 Å². The summed E-state index contributed by atoms with van der Waals surface area (Å²) < 4.78 is 5.33. The Balaban J connectivity index is 2.22. The molecular weight excluding hydrogens is 236 g/mol. The van der Waals surface area contributed by atoms with Crippen molar-refractivity contribution in [2.24, 2.45) is 0 Å². The van der Waals surface area contributed by atoms with Crippen LogP contribution < -0.4 is 10.1 Å². The number of aromatic nitrogens is 1. The monoisotopic (exact) mass is 256 g/mol. The first-order chi connectivity index (χ1) is 9.24. The van der Waals surface area contributed by atoms with Gasteiger partial charge in [0, 0.05) is 17.8 Å². The predicted octanol–water partition coefficient (Wildman–Crippen LogP) is 2.90. The van der Waals surface area contributed by atoms with E-state index in [1.54, 1.807) is 13.3 Å². The molecule has 1 unspecified atom stereocenters. The fraction of sp³-hybridized carbons (Fsp3) is 0.312. The molecule has 1 atom stereocenters. The maximum Gasteiger partial charge on any atom is 0.217 e. The van der Waals surface area contributed by atoms with E-state index in [0.29, 0.717) is 5.88 Å². The Morgan fingerprint density at radius 3 is 2.58 bits per heavy atom. The summed E-state index contributed by atoms with van der Waals surface area (Å²) >= 11 is 0. The van der Waals surface area contributed by atoms with Crippen LogP contribution in [0.4, 0.5) is 0 Å². The fourth-order valence-corrected chi connectivity index (χ4v) is 2.17. The van der Waals surface area contributed by atoms with E-state index >= 15 is 0 Å². The second kappa shape index (κ2) is 6.34. The Labute approximate surface area is 114 Å². The van der Waals surface area contributed by atoms with Gasteiger partial charge in [-0.05, 0) is 32.0 Å². The Hall–Kier alpha value is -1.87. The molecule has 2 aromatic rings. The summed E-state index contributed by atoms with van der Waals surface area (Å²) in [7, 11) is 3.62. The summed E-state index contributed by atoms with van der Waals surface area (Å²) in [5.74, 6) is 0.689. The van der Waals surface area contributed by atoms with E-state index in [-0.39, 0.29) is 6.04 Å².